The average Bonchev–Trinajstić information content (AvgIpc) is 3.19. The summed E-state index contributed by atoms with van der Waals surface area (Å²) < 4.78 is 47.2. The molecule has 5 heteroatoms. The van der Waals surface area contributed by atoms with E-state index in [9.17, 15) is 13.2 Å². The average molecular weight is 423 g/mol. The van der Waals surface area contributed by atoms with Crippen molar-refractivity contribution in [3.63, 3.8) is 0 Å². The molecule has 0 aromatic carbocycles. The fourth-order valence-corrected chi connectivity index (χ4v) is 3.97. The summed E-state index contributed by atoms with van der Waals surface area (Å²) in [5.41, 5.74) is 0. The van der Waals surface area contributed by atoms with Crippen molar-refractivity contribution in [1.82, 2.24) is 0 Å². The van der Waals surface area contributed by atoms with E-state index >= 15 is 0 Å². The highest BCUT2D eigenvalue weighted by Crippen LogP contribution is 2.23. The quantitative estimate of drug-likeness (QED) is 0.183. The first kappa shape index (κ1) is 26.7. The molecule has 0 aromatic heterocycles. The maximum atomic E-state index is 12.0. The molecule has 0 N–H and O–H groups in total. The molecule has 1 aliphatic rings. The monoisotopic (exact) mass is 422 g/mol. The summed E-state index contributed by atoms with van der Waals surface area (Å²) in [6, 6.07) is 0. The van der Waals surface area contributed by atoms with E-state index in [1.807, 2.05) is 0 Å². The van der Waals surface area contributed by atoms with Gasteiger partial charge in [0.25, 0.3) is 0 Å². The van der Waals surface area contributed by atoms with Crippen molar-refractivity contribution < 1.29 is 22.6 Å². The molecule has 1 unspecified atom stereocenters. The van der Waals surface area contributed by atoms with Crippen molar-refractivity contribution in [1.29, 1.82) is 0 Å². The maximum Gasteiger partial charge on any atom is 0.389 e. The first-order valence-electron chi connectivity index (χ1n) is 12.4. The van der Waals surface area contributed by atoms with E-state index in [0.717, 1.165) is 51.7 Å². The van der Waals surface area contributed by atoms with E-state index in [-0.39, 0.29) is 6.29 Å². The Hall–Kier alpha value is -0.290. The number of unbranched alkanes of at least 4 members (excludes halogenated alkanes) is 16. The van der Waals surface area contributed by atoms with Gasteiger partial charge in [0.1, 0.15) is 0 Å². The summed E-state index contributed by atoms with van der Waals surface area (Å²) in [5, 5.41) is 0. The Morgan fingerprint density at radius 2 is 1.03 bits per heavy atom. The van der Waals surface area contributed by atoms with Crippen LogP contribution >= 0.6 is 0 Å². The Balaban J connectivity index is 1.64. The Labute approximate surface area is 177 Å². The van der Waals surface area contributed by atoms with Gasteiger partial charge in [0.2, 0.25) is 0 Å². The third kappa shape index (κ3) is 19.4. The minimum Gasteiger partial charge on any atom is -0.353 e. The van der Waals surface area contributed by atoms with Gasteiger partial charge in [-0.1, -0.05) is 96.3 Å². The molecule has 0 spiro atoms. The van der Waals surface area contributed by atoms with Crippen LogP contribution in [0.15, 0.2) is 0 Å². The van der Waals surface area contributed by atoms with Gasteiger partial charge in [0, 0.05) is 26.1 Å². The van der Waals surface area contributed by atoms with Gasteiger partial charge in [-0.05, 0) is 19.3 Å². The molecule has 0 radical (unpaired) electrons. The maximum absolute atomic E-state index is 12.0. The predicted octanol–water partition coefficient (Wildman–Crippen LogP) is 8.72. The van der Waals surface area contributed by atoms with Gasteiger partial charge in [0.15, 0.2) is 6.29 Å². The van der Waals surface area contributed by atoms with Crippen LogP contribution in [0.25, 0.3) is 0 Å². The largest absolute Gasteiger partial charge is 0.389 e. The highest BCUT2D eigenvalue weighted by atomic mass is 19.4. The van der Waals surface area contributed by atoms with E-state index in [1.54, 1.807) is 0 Å². The molecule has 1 rings (SSSR count). The lowest BCUT2D eigenvalue weighted by molar-refractivity contribution is -0.135. The second-order valence-electron chi connectivity index (χ2n) is 8.69. The molecular weight excluding hydrogens is 377 g/mol. The van der Waals surface area contributed by atoms with Crippen LogP contribution in [0.4, 0.5) is 13.2 Å². The zero-order valence-corrected chi connectivity index (χ0v) is 18.6. The number of hydrogen-bond donors (Lipinski definition) is 0. The van der Waals surface area contributed by atoms with Gasteiger partial charge in [0.05, 0.1) is 0 Å². The van der Waals surface area contributed by atoms with Crippen molar-refractivity contribution in [2.45, 2.75) is 141 Å². The lowest BCUT2D eigenvalue weighted by atomic mass is 10.0. The summed E-state index contributed by atoms with van der Waals surface area (Å²) in [6.07, 6.45) is 17.7. The predicted molar refractivity (Wildman–Crippen MR) is 114 cm³/mol. The molecule has 2 nitrogen and oxygen atoms in total. The fourth-order valence-electron chi connectivity index (χ4n) is 3.97. The van der Waals surface area contributed by atoms with Gasteiger partial charge in [-0.25, -0.2) is 0 Å². The highest BCUT2D eigenvalue weighted by molar-refractivity contribution is 4.55. The van der Waals surface area contributed by atoms with Crippen molar-refractivity contribution in [3.8, 4) is 0 Å². The molecule has 0 aliphatic carbocycles. The van der Waals surface area contributed by atoms with E-state index in [4.69, 9.17) is 9.47 Å². The van der Waals surface area contributed by atoms with E-state index < -0.39 is 12.6 Å². The molecule has 0 bridgehead atoms. The van der Waals surface area contributed by atoms with Crippen LogP contribution in [-0.2, 0) is 9.47 Å². The van der Waals surface area contributed by atoms with Crippen LogP contribution < -0.4 is 0 Å². The standard InChI is InChI=1S/C24H45F3O2/c25-24(26,27)20-16-14-12-10-8-6-4-2-1-3-5-7-9-11-13-15-17-21-28-23-19-18-22-29-23/h23H,1-22H2. The normalized spacial score (nSPS) is 17.3. The SMILES string of the molecule is FC(F)(F)CCCCCCCCCCCCCCCCCCCOC1CCCO1. The topological polar surface area (TPSA) is 18.5 Å². The van der Waals surface area contributed by atoms with Crippen LogP contribution in [0, 0.1) is 0 Å². The summed E-state index contributed by atoms with van der Waals surface area (Å²) in [4.78, 5) is 0. The molecule has 0 saturated carbocycles. The van der Waals surface area contributed by atoms with Crippen LogP contribution in [0.1, 0.15) is 128 Å². The van der Waals surface area contributed by atoms with Crippen LogP contribution in [0.5, 0.6) is 0 Å². The molecule has 1 heterocycles. The Morgan fingerprint density at radius 1 is 0.621 bits per heavy atom. The molecule has 0 aromatic rings. The van der Waals surface area contributed by atoms with Crippen molar-refractivity contribution >= 4 is 0 Å². The molecule has 1 fully saturated rings. The molecule has 1 aliphatic heterocycles. The first-order chi connectivity index (χ1) is 14.1. The number of rotatable bonds is 20. The highest BCUT2D eigenvalue weighted by Gasteiger charge is 2.25. The van der Waals surface area contributed by atoms with Crippen LogP contribution in [-0.4, -0.2) is 25.7 Å². The summed E-state index contributed by atoms with van der Waals surface area (Å²) >= 11 is 0. The smallest absolute Gasteiger partial charge is 0.353 e. The Bertz CT molecular complexity index is 342. The van der Waals surface area contributed by atoms with Gasteiger partial charge < -0.3 is 9.47 Å². The van der Waals surface area contributed by atoms with E-state index in [2.05, 4.69) is 0 Å². The van der Waals surface area contributed by atoms with E-state index in [0.29, 0.717) is 6.42 Å². The molecule has 1 saturated heterocycles. The second-order valence-corrected chi connectivity index (χ2v) is 8.69. The van der Waals surface area contributed by atoms with Gasteiger partial charge >= 0.3 is 6.18 Å². The third-order valence-corrected chi connectivity index (χ3v) is 5.80. The van der Waals surface area contributed by atoms with Crippen LogP contribution in [0.2, 0.25) is 0 Å². The molecule has 174 valence electrons. The summed E-state index contributed by atoms with van der Waals surface area (Å²) in [5.74, 6) is 0. The van der Waals surface area contributed by atoms with Gasteiger partial charge in [-0.2, -0.15) is 13.2 Å². The molecule has 1 atom stereocenters. The van der Waals surface area contributed by atoms with Crippen molar-refractivity contribution in [2.75, 3.05) is 13.2 Å². The van der Waals surface area contributed by atoms with Crippen molar-refractivity contribution in [3.05, 3.63) is 0 Å². The first-order valence-corrected chi connectivity index (χ1v) is 12.4. The number of halogens is 3. The zero-order valence-electron chi connectivity index (χ0n) is 18.6. The van der Waals surface area contributed by atoms with Crippen molar-refractivity contribution in [2.24, 2.45) is 0 Å². The molecule has 29 heavy (non-hydrogen) atoms. The third-order valence-electron chi connectivity index (χ3n) is 5.80. The number of ether oxygens (including phenoxy) is 2. The molecule has 0 amide bonds. The van der Waals surface area contributed by atoms with Gasteiger partial charge in [-0.3, -0.25) is 0 Å². The second kappa shape index (κ2) is 18.5. The lowest BCUT2D eigenvalue weighted by Crippen LogP contribution is -2.11. The van der Waals surface area contributed by atoms with Crippen LogP contribution in [0.3, 0.4) is 0 Å². The molecular formula is C24H45F3O2. The zero-order chi connectivity index (χ0) is 21.0. The lowest BCUT2D eigenvalue weighted by Gasteiger charge is -2.10. The van der Waals surface area contributed by atoms with Gasteiger partial charge in [-0.15, -0.1) is 0 Å². The number of alkyl halides is 3. The van der Waals surface area contributed by atoms with E-state index in [1.165, 1.54) is 77.0 Å². The summed E-state index contributed by atoms with van der Waals surface area (Å²) in [6.45, 7) is 1.71. The number of hydrogen-bond acceptors (Lipinski definition) is 2. The Morgan fingerprint density at radius 3 is 1.41 bits per heavy atom. The minimum absolute atomic E-state index is 0.0756. The Kier molecular flexibility index (Phi) is 17.0. The fraction of sp³-hybridized carbons (Fsp3) is 1.00. The summed E-state index contributed by atoms with van der Waals surface area (Å²) in [7, 11) is 0. The minimum atomic E-state index is -3.97.